The van der Waals surface area contributed by atoms with E-state index in [1.165, 1.54) is 10.6 Å². The number of thiazole rings is 1. The van der Waals surface area contributed by atoms with E-state index < -0.39 is 0 Å². The third kappa shape index (κ3) is 2.73. The summed E-state index contributed by atoms with van der Waals surface area (Å²) in [6.07, 6.45) is 5.99. The molecule has 0 aromatic carbocycles. The first-order valence-corrected chi connectivity index (χ1v) is 8.04. The molecule has 0 spiro atoms. The topological polar surface area (TPSA) is 47.1 Å². The van der Waals surface area contributed by atoms with Crippen LogP contribution in [0.1, 0.15) is 36.2 Å². The number of hydrogen-bond donors (Lipinski definition) is 1. The Morgan fingerprint density at radius 3 is 2.86 bits per heavy atom. The molecule has 3 aromatic heterocycles. The van der Waals surface area contributed by atoms with Gasteiger partial charge in [0.25, 0.3) is 0 Å². The van der Waals surface area contributed by atoms with Crippen LogP contribution in [0.3, 0.4) is 0 Å². The molecule has 3 rings (SSSR count). The van der Waals surface area contributed by atoms with E-state index in [0.29, 0.717) is 12.1 Å². The van der Waals surface area contributed by atoms with E-state index in [1.807, 2.05) is 23.1 Å². The third-order valence-electron chi connectivity index (χ3n) is 4.00. The average molecular weight is 303 g/mol. The van der Waals surface area contributed by atoms with Gasteiger partial charge in [-0.15, -0.1) is 11.3 Å². The predicted octanol–water partition coefficient (Wildman–Crippen LogP) is 2.95. The van der Waals surface area contributed by atoms with Crippen LogP contribution >= 0.6 is 11.3 Å². The summed E-state index contributed by atoms with van der Waals surface area (Å²) in [4.78, 5) is 7.00. The second-order valence-electron chi connectivity index (χ2n) is 5.53. The maximum Gasteiger partial charge on any atom is 0.194 e. The number of nitrogens with one attached hydrogen (secondary N) is 1. The molecule has 0 unspecified atom stereocenters. The fourth-order valence-corrected chi connectivity index (χ4v) is 3.39. The minimum absolute atomic E-state index is 0.313. The zero-order valence-corrected chi connectivity index (χ0v) is 13.7. The van der Waals surface area contributed by atoms with Crippen LogP contribution in [-0.4, -0.2) is 25.2 Å². The molecule has 2 atom stereocenters. The van der Waals surface area contributed by atoms with Crippen molar-refractivity contribution in [3.8, 4) is 0 Å². The first-order valence-electron chi connectivity index (χ1n) is 7.22. The average Bonchev–Trinajstić information content (AvgIpc) is 3.12. The van der Waals surface area contributed by atoms with Gasteiger partial charge in [-0.2, -0.15) is 5.10 Å². The van der Waals surface area contributed by atoms with Crippen LogP contribution in [0.15, 0.2) is 24.7 Å². The molecule has 112 valence electrons. The Hall–Kier alpha value is -1.66. The zero-order chi connectivity index (χ0) is 15.0. The minimum Gasteiger partial charge on any atom is -0.307 e. The highest BCUT2D eigenvalue weighted by Crippen LogP contribution is 2.21. The second kappa shape index (κ2) is 5.61. The molecule has 0 aliphatic carbocycles. The monoisotopic (exact) mass is 303 g/mol. The van der Waals surface area contributed by atoms with Crippen LogP contribution in [0.25, 0.3) is 4.96 Å². The number of fused-ring (bicyclic) bond motifs is 1. The van der Waals surface area contributed by atoms with Gasteiger partial charge in [-0.25, -0.2) is 4.98 Å². The van der Waals surface area contributed by atoms with Gasteiger partial charge < -0.3 is 5.32 Å². The van der Waals surface area contributed by atoms with Crippen molar-refractivity contribution < 1.29 is 0 Å². The molecule has 0 amide bonds. The summed E-state index contributed by atoms with van der Waals surface area (Å²) in [6, 6.07) is 2.60. The van der Waals surface area contributed by atoms with Gasteiger partial charge in [0, 0.05) is 36.1 Å². The molecule has 0 fully saturated rings. The lowest BCUT2D eigenvalue weighted by Crippen LogP contribution is -2.34. The van der Waals surface area contributed by atoms with Crippen molar-refractivity contribution in [2.24, 2.45) is 0 Å². The highest BCUT2D eigenvalue weighted by molar-refractivity contribution is 7.17. The second-order valence-corrected chi connectivity index (χ2v) is 6.75. The summed E-state index contributed by atoms with van der Waals surface area (Å²) in [5.74, 6) is 0. The first kappa shape index (κ1) is 14.3. The Kier molecular flexibility index (Phi) is 3.82. The summed E-state index contributed by atoms with van der Waals surface area (Å²) >= 11 is 1.74. The van der Waals surface area contributed by atoms with Gasteiger partial charge in [-0.3, -0.25) is 9.08 Å². The summed E-state index contributed by atoms with van der Waals surface area (Å²) in [5.41, 5.74) is 2.35. The van der Waals surface area contributed by atoms with Gasteiger partial charge in [0.05, 0.1) is 17.4 Å². The van der Waals surface area contributed by atoms with Gasteiger partial charge in [-0.05, 0) is 33.8 Å². The molecule has 3 heterocycles. The van der Waals surface area contributed by atoms with Gasteiger partial charge in [0.15, 0.2) is 4.96 Å². The largest absolute Gasteiger partial charge is 0.307 e. The predicted molar refractivity (Wildman–Crippen MR) is 85.8 cm³/mol. The van der Waals surface area contributed by atoms with Gasteiger partial charge in [0.1, 0.15) is 0 Å². The fraction of sp³-hybridized carbons (Fsp3) is 0.467. The van der Waals surface area contributed by atoms with E-state index in [0.717, 1.165) is 17.2 Å². The van der Waals surface area contributed by atoms with Crippen molar-refractivity contribution >= 4 is 16.3 Å². The Balaban J connectivity index is 1.72. The van der Waals surface area contributed by atoms with Gasteiger partial charge in [-0.1, -0.05) is 0 Å². The van der Waals surface area contributed by atoms with E-state index in [4.69, 9.17) is 0 Å². The van der Waals surface area contributed by atoms with Crippen molar-refractivity contribution in [1.29, 1.82) is 0 Å². The third-order valence-corrected chi connectivity index (χ3v) is 4.90. The lowest BCUT2D eigenvalue weighted by molar-refractivity contribution is 0.363. The number of hydrogen-bond acceptors (Lipinski definition) is 4. The molecule has 0 bridgehead atoms. The summed E-state index contributed by atoms with van der Waals surface area (Å²) < 4.78 is 4.19. The molecule has 0 aliphatic heterocycles. The number of rotatable bonds is 5. The smallest absolute Gasteiger partial charge is 0.194 e. The van der Waals surface area contributed by atoms with Crippen molar-refractivity contribution in [2.75, 3.05) is 0 Å². The normalized spacial score (nSPS) is 14.7. The Labute approximate surface area is 128 Å². The summed E-state index contributed by atoms with van der Waals surface area (Å²) in [7, 11) is 0. The van der Waals surface area contributed by atoms with Crippen LogP contribution in [0.2, 0.25) is 0 Å². The van der Waals surface area contributed by atoms with E-state index in [2.05, 4.69) is 53.7 Å². The Bertz CT molecular complexity index is 725. The quantitative estimate of drug-likeness (QED) is 0.788. The summed E-state index contributed by atoms with van der Waals surface area (Å²) in [5, 5.41) is 7.91. The summed E-state index contributed by atoms with van der Waals surface area (Å²) in [6.45, 7) is 9.38. The highest BCUT2D eigenvalue weighted by Gasteiger charge is 2.16. The number of nitrogens with zero attached hydrogens (tertiary/aromatic N) is 4. The number of aromatic nitrogens is 4. The molecule has 21 heavy (non-hydrogen) atoms. The molecule has 3 aromatic rings. The molecular formula is C15H21N5S. The molecule has 1 N–H and O–H groups in total. The maximum atomic E-state index is 4.63. The number of imidazole rings is 1. The molecule has 0 saturated carbocycles. The van der Waals surface area contributed by atoms with Crippen LogP contribution in [0.5, 0.6) is 0 Å². The highest BCUT2D eigenvalue weighted by atomic mass is 32.1. The molecule has 0 radical (unpaired) electrons. The lowest BCUT2D eigenvalue weighted by atomic mass is 10.1. The van der Waals surface area contributed by atoms with E-state index in [9.17, 15) is 0 Å². The minimum atomic E-state index is 0.313. The maximum absolute atomic E-state index is 4.63. The molecule has 0 saturated heterocycles. The van der Waals surface area contributed by atoms with Gasteiger partial charge >= 0.3 is 0 Å². The van der Waals surface area contributed by atoms with Crippen molar-refractivity contribution in [1.82, 2.24) is 24.5 Å². The zero-order valence-electron chi connectivity index (χ0n) is 12.9. The van der Waals surface area contributed by atoms with E-state index >= 15 is 0 Å². The molecule has 6 heteroatoms. The van der Waals surface area contributed by atoms with Crippen LogP contribution < -0.4 is 5.32 Å². The SMILES string of the molecule is Cc1cn2c(CN[C@@H](C)[C@H](C)n3cccn3)c(C)nc2s1. The standard InChI is InChI=1S/C15H21N5S/c1-10-9-19-14(12(3)18-15(19)21-10)8-16-11(2)13(4)20-7-5-6-17-20/h5-7,9,11,13,16H,8H2,1-4H3/t11-,13-/m0/s1. The van der Waals surface area contributed by atoms with Crippen LogP contribution in [0, 0.1) is 13.8 Å². The fourth-order valence-electron chi connectivity index (χ4n) is 2.50. The van der Waals surface area contributed by atoms with E-state index in [-0.39, 0.29) is 0 Å². The lowest BCUT2D eigenvalue weighted by Gasteiger charge is -2.21. The van der Waals surface area contributed by atoms with Crippen LogP contribution in [0.4, 0.5) is 0 Å². The molecular weight excluding hydrogens is 282 g/mol. The Morgan fingerprint density at radius 2 is 2.14 bits per heavy atom. The van der Waals surface area contributed by atoms with Crippen molar-refractivity contribution in [3.05, 3.63) is 40.9 Å². The van der Waals surface area contributed by atoms with Crippen molar-refractivity contribution in [3.63, 3.8) is 0 Å². The molecule has 0 aliphatic rings. The molecule has 5 nitrogen and oxygen atoms in total. The first-order chi connectivity index (χ1) is 10.1. The van der Waals surface area contributed by atoms with Crippen molar-refractivity contribution in [2.45, 2.75) is 46.3 Å². The van der Waals surface area contributed by atoms with Crippen LogP contribution in [-0.2, 0) is 6.54 Å². The number of aryl methyl sites for hydroxylation is 2. The van der Waals surface area contributed by atoms with Gasteiger partial charge in [0.2, 0.25) is 0 Å². The Morgan fingerprint density at radius 1 is 1.33 bits per heavy atom. The van der Waals surface area contributed by atoms with E-state index in [1.54, 1.807) is 11.3 Å².